The van der Waals surface area contributed by atoms with Gasteiger partial charge in [-0.3, -0.25) is 4.57 Å². The highest BCUT2D eigenvalue weighted by molar-refractivity contribution is 5.53. The molecule has 0 radical (unpaired) electrons. The predicted octanol–water partition coefficient (Wildman–Crippen LogP) is 3.37. The molecule has 18 heavy (non-hydrogen) atoms. The van der Waals surface area contributed by atoms with Crippen LogP contribution in [0, 0.1) is 6.92 Å². The van der Waals surface area contributed by atoms with Crippen LogP contribution < -0.4 is 4.74 Å². The molecule has 3 nitrogen and oxygen atoms in total. The lowest BCUT2D eigenvalue weighted by Gasteiger charge is -2.24. The van der Waals surface area contributed by atoms with Crippen molar-refractivity contribution in [2.75, 3.05) is 0 Å². The second-order valence-electron chi connectivity index (χ2n) is 5.87. The fraction of sp³-hybridized carbons (Fsp3) is 0.400. The van der Waals surface area contributed by atoms with E-state index in [0.717, 1.165) is 22.8 Å². The SMILES string of the molecule is Cc1ncn2c1COc1cc(C(C)(C)C)ccc1-2. The second-order valence-corrected chi connectivity index (χ2v) is 5.87. The van der Waals surface area contributed by atoms with Gasteiger partial charge in [0.05, 0.1) is 23.4 Å². The number of ether oxygens (including phenoxy) is 1. The lowest BCUT2D eigenvalue weighted by molar-refractivity contribution is 0.283. The van der Waals surface area contributed by atoms with Crippen molar-refractivity contribution in [2.24, 2.45) is 0 Å². The Morgan fingerprint density at radius 1 is 1.28 bits per heavy atom. The molecule has 2 heterocycles. The molecule has 1 aromatic heterocycles. The molecule has 0 saturated carbocycles. The highest BCUT2D eigenvalue weighted by Gasteiger charge is 2.22. The summed E-state index contributed by atoms with van der Waals surface area (Å²) in [4.78, 5) is 4.35. The quantitative estimate of drug-likeness (QED) is 0.708. The monoisotopic (exact) mass is 242 g/mol. The normalized spacial score (nSPS) is 13.8. The van der Waals surface area contributed by atoms with Crippen molar-refractivity contribution in [1.29, 1.82) is 0 Å². The van der Waals surface area contributed by atoms with Gasteiger partial charge in [-0.15, -0.1) is 0 Å². The molecule has 0 saturated heterocycles. The summed E-state index contributed by atoms with van der Waals surface area (Å²) in [5.41, 5.74) is 4.71. The number of benzene rings is 1. The molecular weight excluding hydrogens is 224 g/mol. The molecule has 2 aromatic rings. The topological polar surface area (TPSA) is 27.1 Å². The van der Waals surface area contributed by atoms with Gasteiger partial charge >= 0.3 is 0 Å². The minimum Gasteiger partial charge on any atom is -0.485 e. The molecular formula is C15H18N2O. The minimum absolute atomic E-state index is 0.142. The van der Waals surface area contributed by atoms with Crippen molar-refractivity contribution in [1.82, 2.24) is 9.55 Å². The van der Waals surface area contributed by atoms with Gasteiger partial charge in [0, 0.05) is 0 Å². The predicted molar refractivity (Wildman–Crippen MR) is 71.3 cm³/mol. The maximum absolute atomic E-state index is 5.86. The zero-order chi connectivity index (χ0) is 12.9. The lowest BCUT2D eigenvalue weighted by atomic mass is 9.87. The Morgan fingerprint density at radius 2 is 2.06 bits per heavy atom. The van der Waals surface area contributed by atoms with E-state index in [1.165, 1.54) is 5.56 Å². The average molecular weight is 242 g/mol. The number of aromatic nitrogens is 2. The standard InChI is InChI=1S/C15H18N2O/c1-10-13-8-18-14-7-11(15(2,3)4)5-6-12(14)17(13)9-16-10/h5-7,9H,8H2,1-4H3. The van der Waals surface area contributed by atoms with Gasteiger partial charge in [0.15, 0.2) is 0 Å². The van der Waals surface area contributed by atoms with Gasteiger partial charge in [-0.1, -0.05) is 26.8 Å². The number of fused-ring (bicyclic) bond motifs is 3. The van der Waals surface area contributed by atoms with Crippen molar-refractivity contribution in [3.63, 3.8) is 0 Å². The van der Waals surface area contributed by atoms with Crippen LogP contribution in [0.5, 0.6) is 5.75 Å². The van der Waals surface area contributed by atoms with Crippen LogP contribution in [0.15, 0.2) is 24.5 Å². The summed E-state index contributed by atoms with van der Waals surface area (Å²) in [5, 5.41) is 0. The Hall–Kier alpha value is -1.77. The molecule has 0 N–H and O–H groups in total. The number of hydrogen-bond donors (Lipinski definition) is 0. The zero-order valence-electron chi connectivity index (χ0n) is 11.3. The van der Waals surface area contributed by atoms with Crippen LogP contribution in [0.3, 0.4) is 0 Å². The molecule has 0 spiro atoms. The first-order valence-electron chi connectivity index (χ1n) is 6.27. The molecule has 0 aliphatic carbocycles. The summed E-state index contributed by atoms with van der Waals surface area (Å²) in [5.74, 6) is 0.951. The fourth-order valence-corrected chi connectivity index (χ4v) is 2.29. The first-order chi connectivity index (χ1) is 8.47. The summed E-state index contributed by atoms with van der Waals surface area (Å²) in [6.45, 7) is 9.26. The Kier molecular flexibility index (Phi) is 2.27. The van der Waals surface area contributed by atoms with E-state index < -0.39 is 0 Å². The van der Waals surface area contributed by atoms with Gasteiger partial charge in [-0.05, 0) is 30.0 Å². The molecule has 1 aliphatic rings. The van der Waals surface area contributed by atoms with Crippen molar-refractivity contribution in [3.05, 3.63) is 41.5 Å². The van der Waals surface area contributed by atoms with E-state index in [4.69, 9.17) is 4.74 Å². The lowest BCUT2D eigenvalue weighted by Crippen LogP contribution is -2.16. The highest BCUT2D eigenvalue weighted by atomic mass is 16.5. The number of nitrogens with zero attached hydrogens (tertiary/aromatic N) is 2. The molecule has 0 bridgehead atoms. The van der Waals surface area contributed by atoms with Crippen LogP contribution in [0.25, 0.3) is 5.69 Å². The van der Waals surface area contributed by atoms with E-state index in [0.29, 0.717) is 6.61 Å². The minimum atomic E-state index is 0.142. The summed E-state index contributed by atoms with van der Waals surface area (Å²) >= 11 is 0. The summed E-state index contributed by atoms with van der Waals surface area (Å²) in [6, 6.07) is 6.44. The zero-order valence-corrected chi connectivity index (χ0v) is 11.3. The Bertz CT molecular complexity index is 605. The third-order valence-corrected chi connectivity index (χ3v) is 3.53. The summed E-state index contributed by atoms with van der Waals surface area (Å²) in [6.07, 6.45) is 1.88. The Labute approximate surface area is 107 Å². The van der Waals surface area contributed by atoms with Crippen LogP contribution in [0.4, 0.5) is 0 Å². The third kappa shape index (κ3) is 1.62. The molecule has 0 atom stereocenters. The molecule has 3 heteroatoms. The first kappa shape index (κ1) is 11.3. The van der Waals surface area contributed by atoms with E-state index in [2.05, 4.69) is 48.5 Å². The van der Waals surface area contributed by atoms with Crippen LogP contribution in [0.2, 0.25) is 0 Å². The molecule has 3 rings (SSSR count). The Morgan fingerprint density at radius 3 is 2.78 bits per heavy atom. The van der Waals surface area contributed by atoms with Crippen molar-refractivity contribution >= 4 is 0 Å². The maximum atomic E-state index is 5.86. The van der Waals surface area contributed by atoms with E-state index >= 15 is 0 Å². The first-order valence-corrected chi connectivity index (χ1v) is 6.27. The smallest absolute Gasteiger partial charge is 0.144 e. The van der Waals surface area contributed by atoms with Crippen LogP contribution in [0.1, 0.15) is 37.7 Å². The van der Waals surface area contributed by atoms with E-state index in [9.17, 15) is 0 Å². The van der Waals surface area contributed by atoms with Crippen LogP contribution in [-0.4, -0.2) is 9.55 Å². The largest absolute Gasteiger partial charge is 0.485 e. The van der Waals surface area contributed by atoms with Crippen molar-refractivity contribution in [3.8, 4) is 11.4 Å². The van der Waals surface area contributed by atoms with Gasteiger partial charge in [-0.25, -0.2) is 4.98 Å². The third-order valence-electron chi connectivity index (χ3n) is 3.53. The molecule has 0 amide bonds. The van der Waals surface area contributed by atoms with Gasteiger partial charge < -0.3 is 4.74 Å². The number of hydrogen-bond acceptors (Lipinski definition) is 2. The van der Waals surface area contributed by atoms with Crippen molar-refractivity contribution < 1.29 is 4.74 Å². The van der Waals surface area contributed by atoms with E-state index in [-0.39, 0.29) is 5.41 Å². The van der Waals surface area contributed by atoms with Crippen LogP contribution >= 0.6 is 0 Å². The van der Waals surface area contributed by atoms with Gasteiger partial charge in [0.1, 0.15) is 12.4 Å². The molecule has 0 unspecified atom stereocenters. The number of imidazole rings is 1. The van der Waals surface area contributed by atoms with Gasteiger partial charge in [0.2, 0.25) is 0 Å². The van der Waals surface area contributed by atoms with Gasteiger partial charge in [0.25, 0.3) is 0 Å². The second kappa shape index (κ2) is 3.61. The highest BCUT2D eigenvalue weighted by Crippen LogP contribution is 2.34. The fourth-order valence-electron chi connectivity index (χ4n) is 2.29. The number of rotatable bonds is 0. The maximum Gasteiger partial charge on any atom is 0.144 e. The molecule has 1 aliphatic heterocycles. The van der Waals surface area contributed by atoms with E-state index in [1.54, 1.807) is 0 Å². The molecule has 0 fully saturated rings. The molecule has 1 aromatic carbocycles. The van der Waals surface area contributed by atoms with Gasteiger partial charge in [-0.2, -0.15) is 0 Å². The average Bonchev–Trinajstić information content (AvgIpc) is 2.69. The van der Waals surface area contributed by atoms with E-state index in [1.807, 2.05) is 13.3 Å². The summed E-state index contributed by atoms with van der Waals surface area (Å²) < 4.78 is 7.99. The number of aryl methyl sites for hydroxylation is 1. The van der Waals surface area contributed by atoms with Crippen LogP contribution in [-0.2, 0) is 12.0 Å². The molecule has 94 valence electrons. The summed E-state index contributed by atoms with van der Waals surface area (Å²) in [7, 11) is 0. The van der Waals surface area contributed by atoms with Crippen molar-refractivity contribution in [2.45, 2.75) is 39.7 Å². The Balaban J connectivity index is 2.14.